The zero-order valence-electron chi connectivity index (χ0n) is 15.8. The molecule has 0 aliphatic carbocycles. The highest BCUT2D eigenvalue weighted by Crippen LogP contribution is 2.27. The maximum absolute atomic E-state index is 13.3. The molecule has 142 valence electrons. The van der Waals surface area contributed by atoms with Crippen LogP contribution in [0.25, 0.3) is 10.9 Å². The van der Waals surface area contributed by atoms with Gasteiger partial charge >= 0.3 is 0 Å². The molecule has 2 aromatic heterocycles. The molecule has 0 fully saturated rings. The van der Waals surface area contributed by atoms with E-state index in [0.717, 1.165) is 33.4 Å². The highest BCUT2D eigenvalue weighted by Gasteiger charge is 2.18. The van der Waals surface area contributed by atoms with Crippen molar-refractivity contribution < 1.29 is 0 Å². The molecule has 0 N–H and O–H groups in total. The zero-order valence-corrected chi connectivity index (χ0v) is 17.5. The van der Waals surface area contributed by atoms with Crippen LogP contribution in [0, 0.1) is 0 Å². The van der Waals surface area contributed by atoms with Gasteiger partial charge in [-0.1, -0.05) is 61.2 Å². The predicted molar refractivity (Wildman–Crippen MR) is 117 cm³/mol. The van der Waals surface area contributed by atoms with Crippen molar-refractivity contribution >= 4 is 34.0 Å². The molecule has 4 rings (SSSR count). The first kappa shape index (κ1) is 18.9. The Morgan fingerprint density at radius 3 is 2.57 bits per heavy atom. The van der Waals surface area contributed by atoms with E-state index in [1.165, 1.54) is 0 Å². The Morgan fingerprint density at radius 2 is 1.82 bits per heavy atom. The monoisotopic (exact) mass is 407 g/mol. The molecule has 28 heavy (non-hydrogen) atoms. The van der Waals surface area contributed by atoms with Gasteiger partial charge < -0.3 is 0 Å². The third kappa shape index (κ3) is 3.75. The third-order valence-electron chi connectivity index (χ3n) is 4.70. The van der Waals surface area contributed by atoms with E-state index in [9.17, 15) is 4.79 Å². The van der Waals surface area contributed by atoms with Crippen molar-refractivity contribution in [2.24, 2.45) is 0 Å². The summed E-state index contributed by atoms with van der Waals surface area (Å²) < 4.78 is 1.81. The van der Waals surface area contributed by atoms with Crippen LogP contribution in [0.2, 0.25) is 0 Å². The number of fused-ring (bicyclic) bond motifs is 1. The molecule has 0 saturated heterocycles. The third-order valence-corrected chi connectivity index (χ3v) is 6.72. The summed E-state index contributed by atoms with van der Waals surface area (Å²) in [7, 11) is 0. The SMILES string of the molecule is CCc1nc(CSc2nc3ccccc3c(=O)n2C(C)c2ccccc2)cs1. The number of aromatic nitrogens is 3. The van der Waals surface area contributed by atoms with Crippen LogP contribution >= 0.6 is 23.1 Å². The van der Waals surface area contributed by atoms with E-state index in [1.807, 2.05) is 47.0 Å². The van der Waals surface area contributed by atoms with E-state index in [0.29, 0.717) is 11.1 Å². The summed E-state index contributed by atoms with van der Waals surface area (Å²) in [5, 5.41) is 4.61. The number of benzene rings is 2. The minimum Gasteiger partial charge on any atom is -0.280 e. The summed E-state index contributed by atoms with van der Waals surface area (Å²) in [4.78, 5) is 22.8. The summed E-state index contributed by atoms with van der Waals surface area (Å²) in [5.74, 6) is 0.697. The second-order valence-corrected chi connectivity index (χ2v) is 8.43. The number of hydrogen-bond acceptors (Lipinski definition) is 5. The lowest BCUT2D eigenvalue weighted by atomic mass is 10.1. The summed E-state index contributed by atoms with van der Waals surface area (Å²) in [6.45, 7) is 4.16. The molecule has 0 spiro atoms. The molecule has 2 heterocycles. The van der Waals surface area contributed by atoms with E-state index in [1.54, 1.807) is 23.1 Å². The summed E-state index contributed by atoms with van der Waals surface area (Å²) in [5.41, 5.74) is 2.86. The second-order valence-electron chi connectivity index (χ2n) is 6.55. The van der Waals surface area contributed by atoms with Crippen LogP contribution in [0.5, 0.6) is 0 Å². The van der Waals surface area contributed by atoms with Crippen LogP contribution in [0.4, 0.5) is 0 Å². The Bertz CT molecular complexity index is 1150. The van der Waals surface area contributed by atoms with Crippen molar-refractivity contribution in [3.05, 3.63) is 86.6 Å². The standard InChI is InChI=1S/C22H21N3OS2/c1-3-20-23-17(13-27-20)14-28-22-24-19-12-8-7-11-18(19)21(26)25(22)15(2)16-9-5-4-6-10-16/h4-13,15H,3,14H2,1-2H3. The Morgan fingerprint density at radius 1 is 1.07 bits per heavy atom. The van der Waals surface area contributed by atoms with E-state index in [-0.39, 0.29) is 11.6 Å². The van der Waals surface area contributed by atoms with Crippen LogP contribution in [-0.2, 0) is 12.2 Å². The van der Waals surface area contributed by atoms with Gasteiger partial charge in [-0.15, -0.1) is 11.3 Å². The molecule has 0 saturated carbocycles. The van der Waals surface area contributed by atoms with Gasteiger partial charge in [0, 0.05) is 11.1 Å². The number of nitrogens with zero attached hydrogens (tertiary/aromatic N) is 3. The predicted octanol–water partition coefficient (Wildman–Crippen LogP) is 5.32. The lowest BCUT2D eigenvalue weighted by Crippen LogP contribution is -2.27. The quantitative estimate of drug-likeness (QED) is 0.321. The Hall–Kier alpha value is -2.44. The van der Waals surface area contributed by atoms with Gasteiger partial charge in [-0.2, -0.15) is 0 Å². The summed E-state index contributed by atoms with van der Waals surface area (Å²) >= 11 is 3.26. The number of thiazole rings is 1. The van der Waals surface area contributed by atoms with Crippen molar-refractivity contribution in [2.45, 2.75) is 37.2 Å². The normalized spacial score (nSPS) is 12.4. The van der Waals surface area contributed by atoms with E-state index >= 15 is 0 Å². The van der Waals surface area contributed by atoms with E-state index in [4.69, 9.17) is 4.98 Å². The van der Waals surface area contributed by atoms with Crippen LogP contribution in [0.3, 0.4) is 0 Å². The van der Waals surface area contributed by atoms with Gasteiger partial charge in [-0.25, -0.2) is 9.97 Å². The highest BCUT2D eigenvalue weighted by atomic mass is 32.2. The van der Waals surface area contributed by atoms with E-state index < -0.39 is 0 Å². The van der Waals surface area contributed by atoms with Crippen LogP contribution < -0.4 is 5.56 Å². The van der Waals surface area contributed by atoms with Gasteiger partial charge in [0.05, 0.1) is 27.6 Å². The largest absolute Gasteiger partial charge is 0.280 e. The number of para-hydroxylation sites is 1. The molecule has 4 nitrogen and oxygen atoms in total. The molecule has 0 radical (unpaired) electrons. The van der Waals surface area contributed by atoms with Gasteiger partial charge in [0.15, 0.2) is 5.16 Å². The Kier molecular flexibility index (Phi) is 5.59. The molecule has 6 heteroatoms. The fourth-order valence-electron chi connectivity index (χ4n) is 3.17. The highest BCUT2D eigenvalue weighted by molar-refractivity contribution is 7.98. The molecule has 0 bridgehead atoms. The van der Waals surface area contributed by atoms with Gasteiger partial charge in [0.25, 0.3) is 5.56 Å². The van der Waals surface area contributed by atoms with Crippen molar-refractivity contribution in [1.82, 2.24) is 14.5 Å². The first-order valence-electron chi connectivity index (χ1n) is 9.29. The van der Waals surface area contributed by atoms with Crippen molar-refractivity contribution in [3.8, 4) is 0 Å². The average molecular weight is 408 g/mol. The Labute approximate surface area is 172 Å². The van der Waals surface area contributed by atoms with Crippen LogP contribution in [0.15, 0.2) is 69.9 Å². The van der Waals surface area contributed by atoms with Crippen LogP contribution in [0.1, 0.15) is 36.2 Å². The average Bonchev–Trinajstić information content (AvgIpc) is 3.21. The topological polar surface area (TPSA) is 47.8 Å². The van der Waals surface area contributed by atoms with E-state index in [2.05, 4.69) is 36.3 Å². The fraction of sp³-hybridized carbons (Fsp3) is 0.227. The molecule has 1 unspecified atom stereocenters. The smallest absolute Gasteiger partial charge is 0.262 e. The molecular formula is C22H21N3OS2. The van der Waals surface area contributed by atoms with Gasteiger partial charge in [0.2, 0.25) is 0 Å². The van der Waals surface area contributed by atoms with Gasteiger partial charge in [-0.3, -0.25) is 9.36 Å². The minimum absolute atomic E-state index is 0.00280. The molecule has 4 aromatic rings. The zero-order chi connectivity index (χ0) is 19.5. The summed E-state index contributed by atoms with van der Waals surface area (Å²) in [6.07, 6.45) is 0.944. The molecule has 0 aliphatic heterocycles. The van der Waals surface area contributed by atoms with Crippen molar-refractivity contribution in [1.29, 1.82) is 0 Å². The minimum atomic E-state index is -0.102. The summed E-state index contributed by atoms with van der Waals surface area (Å²) in [6, 6.07) is 17.5. The van der Waals surface area contributed by atoms with Crippen molar-refractivity contribution in [3.63, 3.8) is 0 Å². The molecular weight excluding hydrogens is 386 g/mol. The maximum Gasteiger partial charge on any atom is 0.262 e. The number of rotatable bonds is 6. The van der Waals surface area contributed by atoms with Gasteiger partial charge in [-0.05, 0) is 31.0 Å². The van der Waals surface area contributed by atoms with Gasteiger partial charge in [0.1, 0.15) is 0 Å². The number of thioether (sulfide) groups is 1. The molecule has 2 aromatic carbocycles. The lowest BCUT2D eigenvalue weighted by molar-refractivity contribution is 0.548. The number of hydrogen-bond donors (Lipinski definition) is 0. The first-order valence-corrected chi connectivity index (χ1v) is 11.2. The molecule has 0 aliphatic rings. The molecule has 0 amide bonds. The first-order chi connectivity index (χ1) is 13.7. The number of aryl methyl sites for hydroxylation is 1. The lowest BCUT2D eigenvalue weighted by Gasteiger charge is -2.19. The second kappa shape index (κ2) is 8.29. The molecule has 1 atom stereocenters. The van der Waals surface area contributed by atoms with Crippen LogP contribution in [-0.4, -0.2) is 14.5 Å². The maximum atomic E-state index is 13.3. The fourth-order valence-corrected chi connectivity index (χ4v) is 4.98. The van der Waals surface area contributed by atoms with Crippen molar-refractivity contribution in [2.75, 3.05) is 0 Å². The Balaban J connectivity index is 1.77.